The molecule has 0 heterocycles. The van der Waals surface area contributed by atoms with E-state index < -0.39 is 6.03 Å². The van der Waals surface area contributed by atoms with Crippen LogP contribution in [-0.2, 0) is 6.54 Å². The molecule has 0 aliphatic rings. The lowest BCUT2D eigenvalue weighted by Crippen LogP contribution is -2.43. The van der Waals surface area contributed by atoms with Crippen LogP contribution in [0.4, 0.5) is 4.79 Å². The third-order valence-corrected chi connectivity index (χ3v) is 2.77. The zero-order chi connectivity index (χ0) is 12.8. The van der Waals surface area contributed by atoms with Gasteiger partial charge in [-0.1, -0.05) is 17.7 Å². The highest BCUT2D eigenvalue weighted by atomic mass is 35.5. The molecule has 4 N–H and O–H groups in total. The van der Waals surface area contributed by atoms with Crippen molar-refractivity contribution >= 4 is 36.2 Å². The third kappa shape index (κ3) is 4.54. The van der Waals surface area contributed by atoms with Crippen LogP contribution >= 0.6 is 24.2 Å². The van der Waals surface area contributed by atoms with Gasteiger partial charge in [-0.15, -0.1) is 12.6 Å². The minimum Gasteiger partial charge on any atom is -0.352 e. The number of hydrogen-bond donors (Lipinski definition) is 4. The number of aliphatic imine (C=N–C) groups is 1. The number of nitrogens with zero attached hydrogens (tertiary/aromatic N) is 1. The van der Waals surface area contributed by atoms with Crippen molar-refractivity contribution in [2.75, 3.05) is 7.05 Å². The average Bonchev–Trinajstić information content (AvgIpc) is 2.28. The van der Waals surface area contributed by atoms with Crippen LogP contribution in [0.25, 0.3) is 0 Å². The molecule has 0 aromatic heterocycles. The Balaban J connectivity index is 2.60. The number of urea groups is 1. The van der Waals surface area contributed by atoms with E-state index >= 15 is 0 Å². The van der Waals surface area contributed by atoms with Gasteiger partial charge in [-0.3, -0.25) is 10.3 Å². The highest BCUT2D eigenvalue weighted by Crippen LogP contribution is 2.20. The summed E-state index contributed by atoms with van der Waals surface area (Å²) in [5.74, 6) is 0.309. The van der Waals surface area contributed by atoms with Crippen LogP contribution in [0.1, 0.15) is 5.56 Å². The molecular formula is C10H13ClN4OS. The van der Waals surface area contributed by atoms with Crippen molar-refractivity contribution < 1.29 is 4.79 Å². The zero-order valence-corrected chi connectivity index (χ0v) is 10.8. The zero-order valence-electron chi connectivity index (χ0n) is 9.20. The van der Waals surface area contributed by atoms with E-state index in [1.807, 2.05) is 6.07 Å². The normalized spacial score (nSPS) is 11.1. The summed E-state index contributed by atoms with van der Waals surface area (Å²) in [6.07, 6.45) is 0. The summed E-state index contributed by atoms with van der Waals surface area (Å²) < 4.78 is 0. The summed E-state index contributed by atoms with van der Waals surface area (Å²) in [6, 6.07) is 4.79. The number of halogens is 1. The number of nitrogens with one attached hydrogen (secondary N) is 2. The fourth-order valence-electron chi connectivity index (χ4n) is 1.14. The predicted molar refractivity (Wildman–Crippen MR) is 71.6 cm³/mol. The van der Waals surface area contributed by atoms with Gasteiger partial charge in [-0.2, -0.15) is 0 Å². The van der Waals surface area contributed by atoms with Gasteiger partial charge in [-0.25, -0.2) is 4.79 Å². The van der Waals surface area contributed by atoms with Gasteiger partial charge in [0.1, 0.15) is 0 Å². The average molecular weight is 273 g/mol. The quantitative estimate of drug-likeness (QED) is 0.373. The van der Waals surface area contributed by atoms with Crippen molar-refractivity contribution in [2.24, 2.45) is 10.7 Å². The fraction of sp³-hybridized carbons (Fsp3) is 0.200. The maximum Gasteiger partial charge on any atom is 0.318 e. The lowest BCUT2D eigenvalue weighted by molar-refractivity contribution is 0.253. The molecule has 0 spiro atoms. The molecule has 0 saturated heterocycles. The Morgan fingerprint density at radius 2 is 2.29 bits per heavy atom. The lowest BCUT2D eigenvalue weighted by atomic mass is 10.2. The first-order valence-corrected chi connectivity index (χ1v) is 5.60. The number of amides is 2. The van der Waals surface area contributed by atoms with E-state index in [0.717, 1.165) is 10.5 Å². The van der Waals surface area contributed by atoms with Gasteiger partial charge < -0.3 is 11.1 Å². The van der Waals surface area contributed by atoms with Gasteiger partial charge in [0, 0.05) is 18.5 Å². The number of nitrogens with two attached hydrogens (primary N) is 1. The van der Waals surface area contributed by atoms with E-state index in [2.05, 4.69) is 28.3 Å². The van der Waals surface area contributed by atoms with E-state index in [1.54, 1.807) is 19.2 Å². The number of guanidine groups is 1. The van der Waals surface area contributed by atoms with Gasteiger partial charge in [0.25, 0.3) is 0 Å². The maximum atomic E-state index is 10.6. The minimum atomic E-state index is -0.665. The molecule has 0 fully saturated rings. The van der Waals surface area contributed by atoms with Gasteiger partial charge in [0.05, 0.1) is 5.02 Å². The summed E-state index contributed by atoms with van der Waals surface area (Å²) in [5.41, 5.74) is 5.92. The van der Waals surface area contributed by atoms with Crippen LogP contribution in [0.5, 0.6) is 0 Å². The largest absolute Gasteiger partial charge is 0.352 e. The molecule has 7 heteroatoms. The summed E-state index contributed by atoms with van der Waals surface area (Å²) >= 11 is 10.1. The summed E-state index contributed by atoms with van der Waals surface area (Å²) in [5, 5.41) is 5.85. The monoisotopic (exact) mass is 272 g/mol. The Labute approximate surface area is 110 Å². The third-order valence-electron chi connectivity index (χ3n) is 1.94. The van der Waals surface area contributed by atoms with Crippen molar-refractivity contribution in [1.82, 2.24) is 10.6 Å². The first-order valence-electron chi connectivity index (χ1n) is 4.77. The number of primary amides is 1. The van der Waals surface area contributed by atoms with Gasteiger partial charge in [0.2, 0.25) is 0 Å². The first kappa shape index (κ1) is 13.7. The maximum absolute atomic E-state index is 10.6. The van der Waals surface area contributed by atoms with Crippen molar-refractivity contribution in [3.8, 4) is 0 Å². The number of benzene rings is 1. The highest BCUT2D eigenvalue weighted by Gasteiger charge is 2.02. The summed E-state index contributed by atoms with van der Waals surface area (Å²) in [4.78, 5) is 15.2. The predicted octanol–water partition coefficient (Wildman–Crippen LogP) is 1.37. The van der Waals surface area contributed by atoms with Crippen molar-refractivity contribution in [3.05, 3.63) is 28.8 Å². The van der Waals surface area contributed by atoms with Crippen LogP contribution in [0, 0.1) is 0 Å². The molecule has 1 rings (SSSR count). The minimum absolute atomic E-state index is 0.309. The van der Waals surface area contributed by atoms with Gasteiger partial charge in [0.15, 0.2) is 5.96 Å². The SMILES string of the molecule is CN=C(NCc1ccc(S)c(Cl)c1)NC(N)=O. The van der Waals surface area contributed by atoms with Crippen LogP contribution in [0.15, 0.2) is 28.1 Å². The molecule has 0 bridgehead atoms. The second-order valence-electron chi connectivity index (χ2n) is 3.20. The van der Waals surface area contributed by atoms with Crippen molar-refractivity contribution in [3.63, 3.8) is 0 Å². The first-order chi connectivity index (χ1) is 8.02. The van der Waals surface area contributed by atoms with Gasteiger partial charge >= 0.3 is 6.03 Å². The number of thiol groups is 1. The van der Waals surface area contributed by atoms with Crippen LogP contribution in [0.2, 0.25) is 5.02 Å². The number of hydrogen-bond acceptors (Lipinski definition) is 3. The smallest absolute Gasteiger partial charge is 0.318 e. The Hall–Kier alpha value is -1.40. The Bertz CT molecular complexity index is 450. The molecule has 1 aromatic rings. The summed E-state index contributed by atoms with van der Waals surface area (Å²) in [6.45, 7) is 0.473. The molecule has 0 atom stereocenters. The molecule has 17 heavy (non-hydrogen) atoms. The highest BCUT2D eigenvalue weighted by molar-refractivity contribution is 7.80. The number of rotatable bonds is 2. The lowest BCUT2D eigenvalue weighted by Gasteiger charge is -2.09. The van der Waals surface area contributed by atoms with E-state index in [9.17, 15) is 4.79 Å². The van der Waals surface area contributed by atoms with Crippen LogP contribution in [0.3, 0.4) is 0 Å². The second kappa shape index (κ2) is 6.36. The van der Waals surface area contributed by atoms with E-state index in [1.165, 1.54) is 0 Å². The van der Waals surface area contributed by atoms with Crippen molar-refractivity contribution in [1.29, 1.82) is 0 Å². The van der Waals surface area contributed by atoms with Crippen LogP contribution < -0.4 is 16.4 Å². The van der Waals surface area contributed by atoms with Gasteiger partial charge in [-0.05, 0) is 17.7 Å². The standard InChI is InChI=1S/C10H13ClN4OS/c1-13-10(15-9(12)16)14-5-6-2-3-8(17)7(11)4-6/h2-4,17H,5H2,1H3,(H4,12,13,14,15,16). The fourth-order valence-corrected chi connectivity index (χ4v) is 1.48. The molecule has 0 aliphatic heterocycles. The molecule has 2 amide bonds. The van der Waals surface area contributed by atoms with E-state index in [0.29, 0.717) is 17.5 Å². The molecule has 5 nitrogen and oxygen atoms in total. The van der Waals surface area contributed by atoms with E-state index in [4.69, 9.17) is 17.3 Å². The second-order valence-corrected chi connectivity index (χ2v) is 4.09. The number of carbonyl (C=O) groups excluding carboxylic acids is 1. The molecule has 92 valence electrons. The van der Waals surface area contributed by atoms with Crippen LogP contribution in [-0.4, -0.2) is 19.0 Å². The molecule has 0 unspecified atom stereocenters. The summed E-state index contributed by atoms with van der Waals surface area (Å²) in [7, 11) is 1.54. The Morgan fingerprint density at radius 1 is 1.59 bits per heavy atom. The molecule has 1 aromatic carbocycles. The molecule has 0 radical (unpaired) electrons. The number of carbonyl (C=O) groups is 1. The van der Waals surface area contributed by atoms with Crippen molar-refractivity contribution in [2.45, 2.75) is 11.4 Å². The molecular weight excluding hydrogens is 260 g/mol. The molecule has 0 saturated carbocycles. The molecule has 0 aliphatic carbocycles. The Kier molecular flexibility index (Phi) is 5.11. The topological polar surface area (TPSA) is 79.5 Å². The Morgan fingerprint density at radius 3 is 2.82 bits per heavy atom. The van der Waals surface area contributed by atoms with E-state index in [-0.39, 0.29) is 0 Å².